The summed E-state index contributed by atoms with van der Waals surface area (Å²) in [7, 11) is 0. The van der Waals surface area contributed by atoms with Crippen LogP contribution in [0.2, 0.25) is 0 Å². The smallest absolute Gasteiger partial charge is 0.273 e. The fourth-order valence-electron chi connectivity index (χ4n) is 1.06. The van der Waals surface area contributed by atoms with Crippen molar-refractivity contribution in [3.63, 3.8) is 0 Å². The van der Waals surface area contributed by atoms with E-state index in [0.717, 1.165) is 0 Å². The maximum Gasteiger partial charge on any atom is 0.273 e. The maximum absolute atomic E-state index is 11.5. The normalized spacial score (nSPS) is 10.1. The van der Waals surface area contributed by atoms with Crippen LogP contribution in [-0.2, 0) is 4.74 Å². The lowest BCUT2D eigenvalue weighted by molar-refractivity contribution is 0.0833. The number of aromatic nitrogens is 1. The molecule has 1 heterocycles. The van der Waals surface area contributed by atoms with Crippen molar-refractivity contribution in [3.05, 3.63) is 24.0 Å². The molecule has 0 saturated carbocycles. The lowest BCUT2D eigenvalue weighted by atomic mass is 10.3. The van der Waals surface area contributed by atoms with Crippen molar-refractivity contribution in [1.29, 1.82) is 0 Å². The van der Waals surface area contributed by atoms with Gasteiger partial charge in [-0.2, -0.15) is 0 Å². The molecule has 1 rings (SSSR count). The summed E-state index contributed by atoms with van der Waals surface area (Å²) in [6.45, 7) is 0.800. The summed E-state index contributed by atoms with van der Waals surface area (Å²) in [5, 5.41) is 20.3. The van der Waals surface area contributed by atoms with Crippen LogP contribution in [0.3, 0.4) is 0 Å². The van der Waals surface area contributed by atoms with Crippen LogP contribution in [0, 0.1) is 0 Å². The molecule has 0 aliphatic rings. The van der Waals surface area contributed by atoms with Crippen LogP contribution in [0.15, 0.2) is 18.3 Å². The highest BCUT2D eigenvalue weighted by atomic mass is 16.5. The van der Waals surface area contributed by atoms with E-state index >= 15 is 0 Å². The number of carbonyl (C=O) groups is 1. The number of hydrogen-bond donors (Lipinski definition) is 3. The van der Waals surface area contributed by atoms with E-state index in [1.54, 1.807) is 0 Å². The van der Waals surface area contributed by atoms with Gasteiger partial charge in [0.25, 0.3) is 5.91 Å². The van der Waals surface area contributed by atoms with Crippen molar-refractivity contribution in [3.8, 4) is 5.75 Å². The minimum atomic E-state index is -0.453. The topological polar surface area (TPSA) is 91.7 Å². The molecule has 88 valence electrons. The molecule has 1 amide bonds. The molecule has 1 aromatic heterocycles. The van der Waals surface area contributed by atoms with Crippen LogP contribution in [0.4, 0.5) is 0 Å². The fourth-order valence-corrected chi connectivity index (χ4v) is 1.06. The number of hydrogen-bond acceptors (Lipinski definition) is 5. The van der Waals surface area contributed by atoms with Crippen molar-refractivity contribution in [2.24, 2.45) is 0 Å². The summed E-state index contributed by atoms with van der Waals surface area (Å²) in [6, 6.07) is 2.93. The van der Waals surface area contributed by atoms with Crippen LogP contribution in [0.25, 0.3) is 0 Å². The van der Waals surface area contributed by atoms with Gasteiger partial charge in [0.2, 0.25) is 0 Å². The molecule has 16 heavy (non-hydrogen) atoms. The first kappa shape index (κ1) is 12.4. The van der Waals surface area contributed by atoms with Crippen LogP contribution >= 0.6 is 0 Å². The van der Waals surface area contributed by atoms with Crippen LogP contribution in [0.5, 0.6) is 5.75 Å². The summed E-state index contributed by atoms with van der Waals surface area (Å²) in [6.07, 6.45) is 1.43. The van der Waals surface area contributed by atoms with Crippen LogP contribution in [0.1, 0.15) is 10.5 Å². The molecule has 0 fully saturated rings. The van der Waals surface area contributed by atoms with Gasteiger partial charge < -0.3 is 20.3 Å². The Morgan fingerprint density at radius 2 is 2.31 bits per heavy atom. The number of amides is 1. The van der Waals surface area contributed by atoms with E-state index in [-0.39, 0.29) is 24.7 Å². The first-order chi connectivity index (χ1) is 7.75. The third kappa shape index (κ3) is 3.84. The molecule has 1 aromatic rings. The monoisotopic (exact) mass is 226 g/mol. The number of aliphatic hydroxyl groups excluding tert-OH is 1. The Balaban J connectivity index is 2.33. The van der Waals surface area contributed by atoms with E-state index in [2.05, 4.69) is 10.3 Å². The average Bonchev–Trinajstić information content (AvgIpc) is 2.29. The Hall–Kier alpha value is -1.66. The molecule has 6 heteroatoms. The number of aromatic hydroxyl groups is 1. The largest absolute Gasteiger partial charge is 0.505 e. The van der Waals surface area contributed by atoms with Crippen molar-refractivity contribution >= 4 is 5.91 Å². The number of rotatable bonds is 6. The number of nitrogens with one attached hydrogen (secondary N) is 1. The second kappa shape index (κ2) is 6.76. The van der Waals surface area contributed by atoms with E-state index in [4.69, 9.17) is 9.84 Å². The molecule has 0 spiro atoms. The van der Waals surface area contributed by atoms with Crippen molar-refractivity contribution in [2.75, 3.05) is 26.4 Å². The van der Waals surface area contributed by atoms with E-state index < -0.39 is 5.91 Å². The number of ether oxygens (including phenoxy) is 1. The fraction of sp³-hybridized carbons (Fsp3) is 0.400. The Kier molecular flexibility index (Phi) is 5.24. The maximum atomic E-state index is 11.5. The van der Waals surface area contributed by atoms with E-state index in [1.807, 2.05) is 0 Å². The lowest BCUT2D eigenvalue weighted by Gasteiger charge is -2.05. The molecule has 0 aromatic carbocycles. The summed E-state index contributed by atoms with van der Waals surface area (Å²) < 4.78 is 4.95. The minimum Gasteiger partial charge on any atom is -0.505 e. The molecule has 0 bridgehead atoms. The van der Waals surface area contributed by atoms with Gasteiger partial charge in [0.05, 0.1) is 19.8 Å². The Morgan fingerprint density at radius 3 is 3.00 bits per heavy atom. The third-order valence-electron chi connectivity index (χ3n) is 1.77. The minimum absolute atomic E-state index is 0.00958. The first-order valence-corrected chi connectivity index (χ1v) is 4.86. The van der Waals surface area contributed by atoms with Crippen molar-refractivity contribution in [2.45, 2.75) is 0 Å². The summed E-state index contributed by atoms with van der Waals surface area (Å²) >= 11 is 0. The third-order valence-corrected chi connectivity index (χ3v) is 1.77. The molecular weight excluding hydrogens is 212 g/mol. The van der Waals surface area contributed by atoms with Crippen LogP contribution in [-0.4, -0.2) is 47.5 Å². The summed E-state index contributed by atoms with van der Waals surface area (Å²) in [5.41, 5.74) is -0.00958. The summed E-state index contributed by atoms with van der Waals surface area (Å²) in [5.74, 6) is -0.609. The van der Waals surface area contributed by atoms with Gasteiger partial charge in [0.15, 0.2) is 5.69 Å². The molecule has 0 aliphatic heterocycles. The highest BCUT2D eigenvalue weighted by Gasteiger charge is 2.10. The zero-order valence-corrected chi connectivity index (χ0v) is 8.72. The molecular formula is C10H14N2O4. The van der Waals surface area contributed by atoms with E-state index in [1.165, 1.54) is 18.3 Å². The highest BCUT2D eigenvalue weighted by Crippen LogP contribution is 2.11. The van der Waals surface area contributed by atoms with E-state index in [9.17, 15) is 9.90 Å². The van der Waals surface area contributed by atoms with Gasteiger partial charge in [-0.15, -0.1) is 0 Å². The number of pyridine rings is 1. The van der Waals surface area contributed by atoms with Gasteiger partial charge in [-0.1, -0.05) is 0 Å². The number of nitrogens with zero attached hydrogens (tertiary/aromatic N) is 1. The van der Waals surface area contributed by atoms with Gasteiger partial charge in [0.1, 0.15) is 5.75 Å². The van der Waals surface area contributed by atoms with Crippen LogP contribution < -0.4 is 5.32 Å². The van der Waals surface area contributed by atoms with Gasteiger partial charge in [-0.3, -0.25) is 4.79 Å². The summed E-state index contributed by atoms with van der Waals surface area (Å²) in [4.78, 5) is 15.2. The Labute approximate surface area is 92.9 Å². The standard InChI is InChI=1S/C10H14N2O4/c13-5-7-16-6-4-12-10(15)9-8(14)2-1-3-11-9/h1-3,13-14H,4-7H2,(H,12,15). The van der Waals surface area contributed by atoms with Crippen molar-refractivity contribution in [1.82, 2.24) is 10.3 Å². The second-order valence-corrected chi connectivity index (χ2v) is 2.96. The van der Waals surface area contributed by atoms with Crippen molar-refractivity contribution < 1.29 is 19.7 Å². The number of aliphatic hydroxyl groups is 1. The quantitative estimate of drug-likeness (QED) is 0.570. The number of carbonyl (C=O) groups excluding carboxylic acids is 1. The van der Waals surface area contributed by atoms with Gasteiger partial charge in [-0.05, 0) is 12.1 Å². The van der Waals surface area contributed by atoms with E-state index in [0.29, 0.717) is 13.2 Å². The molecule has 6 nitrogen and oxygen atoms in total. The zero-order valence-electron chi connectivity index (χ0n) is 8.72. The van der Waals surface area contributed by atoms with Gasteiger partial charge >= 0.3 is 0 Å². The molecule has 0 aliphatic carbocycles. The second-order valence-electron chi connectivity index (χ2n) is 2.96. The predicted octanol–water partition coefficient (Wildman–Crippen LogP) is -0.474. The SMILES string of the molecule is O=C(NCCOCCO)c1ncccc1O. The molecule has 0 saturated heterocycles. The molecule has 0 atom stereocenters. The molecule has 3 N–H and O–H groups in total. The molecule has 0 radical (unpaired) electrons. The van der Waals surface area contributed by atoms with Gasteiger partial charge in [0, 0.05) is 12.7 Å². The molecule has 0 unspecified atom stereocenters. The lowest BCUT2D eigenvalue weighted by Crippen LogP contribution is -2.28. The average molecular weight is 226 g/mol. The Morgan fingerprint density at radius 1 is 1.50 bits per heavy atom. The zero-order chi connectivity index (χ0) is 11.8. The Bertz CT molecular complexity index is 343. The van der Waals surface area contributed by atoms with Gasteiger partial charge in [-0.25, -0.2) is 4.98 Å². The predicted molar refractivity (Wildman–Crippen MR) is 56.1 cm³/mol. The highest BCUT2D eigenvalue weighted by molar-refractivity contribution is 5.94. The first-order valence-electron chi connectivity index (χ1n) is 4.86.